The van der Waals surface area contributed by atoms with Crippen LogP contribution in [0.5, 0.6) is 0 Å². The molecule has 146 valence electrons. The molecule has 0 aliphatic heterocycles. The van der Waals surface area contributed by atoms with Gasteiger partial charge < -0.3 is 20.5 Å². The number of hydrogen-bond acceptors (Lipinski definition) is 3. The minimum atomic E-state index is -0.665. The van der Waals surface area contributed by atoms with Gasteiger partial charge in [0.15, 0.2) is 0 Å². The number of aromatic nitrogens is 1. The van der Waals surface area contributed by atoms with E-state index in [1.165, 1.54) is 0 Å². The first-order valence-corrected chi connectivity index (χ1v) is 9.61. The van der Waals surface area contributed by atoms with Crippen LogP contribution in [0.15, 0.2) is 54.6 Å². The Morgan fingerprint density at radius 3 is 2.32 bits per heavy atom. The number of hydrogen-bond donors (Lipinski definition) is 3. The lowest BCUT2D eigenvalue weighted by Gasteiger charge is -2.17. The predicted octanol–water partition coefficient (Wildman–Crippen LogP) is 3.23. The Kier molecular flexibility index (Phi) is 6.45. The van der Waals surface area contributed by atoms with Crippen molar-refractivity contribution in [3.05, 3.63) is 54.6 Å². The Morgan fingerprint density at radius 2 is 1.61 bits per heavy atom. The number of carbonyl (C=O) groups is 2. The van der Waals surface area contributed by atoms with Crippen LogP contribution < -0.4 is 10.6 Å². The maximum absolute atomic E-state index is 12.5. The fraction of sp³-hybridized carbons (Fsp3) is 0.273. The van der Waals surface area contributed by atoms with E-state index < -0.39 is 11.8 Å². The van der Waals surface area contributed by atoms with Crippen molar-refractivity contribution >= 4 is 28.4 Å². The lowest BCUT2D eigenvalue weighted by Crippen LogP contribution is -2.40. The molecule has 0 aliphatic carbocycles. The number of H-pyrrole nitrogens is 1. The van der Waals surface area contributed by atoms with Crippen LogP contribution in [0.1, 0.15) is 13.8 Å². The highest BCUT2D eigenvalue weighted by molar-refractivity contribution is 6.40. The number of amides is 2. The van der Waals surface area contributed by atoms with Gasteiger partial charge in [0.2, 0.25) is 0 Å². The lowest BCUT2D eigenvalue weighted by molar-refractivity contribution is -0.136. The van der Waals surface area contributed by atoms with E-state index in [1.807, 2.05) is 54.6 Å². The number of carbonyl (C=O) groups excluding carboxylic acids is 2. The molecular weight excluding hydrogens is 352 g/mol. The van der Waals surface area contributed by atoms with Crippen LogP contribution >= 0.6 is 0 Å². The predicted molar refractivity (Wildman–Crippen MR) is 113 cm³/mol. The largest absolute Gasteiger partial charge is 0.353 e. The summed E-state index contributed by atoms with van der Waals surface area (Å²) in [4.78, 5) is 30.3. The molecule has 0 saturated heterocycles. The van der Waals surface area contributed by atoms with Gasteiger partial charge in [-0.2, -0.15) is 0 Å². The minimum Gasteiger partial charge on any atom is -0.353 e. The first kappa shape index (κ1) is 19.6. The SMILES string of the molecule is CCN(CC)CCNC(=O)C(=O)Nc1c(-c2ccccc2)[nH]c2ccccc12. The van der Waals surface area contributed by atoms with Gasteiger partial charge in [0, 0.05) is 29.6 Å². The van der Waals surface area contributed by atoms with Crippen LogP contribution in [0.3, 0.4) is 0 Å². The van der Waals surface area contributed by atoms with Crippen molar-refractivity contribution in [2.75, 3.05) is 31.5 Å². The zero-order valence-corrected chi connectivity index (χ0v) is 16.3. The molecule has 3 N–H and O–H groups in total. The van der Waals surface area contributed by atoms with Gasteiger partial charge in [-0.15, -0.1) is 0 Å². The summed E-state index contributed by atoms with van der Waals surface area (Å²) in [5.74, 6) is -1.29. The van der Waals surface area contributed by atoms with E-state index in [0.29, 0.717) is 18.8 Å². The van der Waals surface area contributed by atoms with Crippen molar-refractivity contribution in [1.82, 2.24) is 15.2 Å². The molecule has 0 unspecified atom stereocenters. The van der Waals surface area contributed by atoms with E-state index in [-0.39, 0.29) is 0 Å². The van der Waals surface area contributed by atoms with Gasteiger partial charge in [-0.05, 0) is 19.2 Å². The summed E-state index contributed by atoms with van der Waals surface area (Å²) in [5.41, 5.74) is 3.24. The molecule has 3 rings (SSSR count). The summed E-state index contributed by atoms with van der Waals surface area (Å²) in [6, 6.07) is 17.4. The lowest BCUT2D eigenvalue weighted by atomic mass is 10.1. The maximum atomic E-state index is 12.5. The van der Waals surface area contributed by atoms with Crippen molar-refractivity contribution in [1.29, 1.82) is 0 Å². The van der Waals surface area contributed by atoms with Crippen LogP contribution in [0.4, 0.5) is 5.69 Å². The quantitative estimate of drug-likeness (QED) is 0.553. The van der Waals surface area contributed by atoms with E-state index in [1.54, 1.807) is 0 Å². The number of likely N-dealkylation sites (N-methyl/N-ethyl adjacent to an activating group) is 1. The Balaban J connectivity index is 1.78. The number of aromatic amines is 1. The van der Waals surface area contributed by atoms with E-state index in [4.69, 9.17) is 0 Å². The number of para-hydroxylation sites is 1. The average Bonchev–Trinajstić information content (AvgIpc) is 3.10. The molecule has 0 bridgehead atoms. The van der Waals surface area contributed by atoms with Crippen molar-refractivity contribution in [3.63, 3.8) is 0 Å². The van der Waals surface area contributed by atoms with Crippen molar-refractivity contribution in [3.8, 4) is 11.3 Å². The molecule has 28 heavy (non-hydrogen) atoms. The average molecular weight is 378 g/mol. The summed E-state index contributed by atoms with van der Waals surface area (Å²) < 4.78 is 0. The van der Waals surface area contributed by atoms with Gasteiger partial charge in [0.1, 0.15) is 0 Å². The van der Waals surface area contributed by atoms with Gasteiger partial charge in [-0.1, -0.05) is 62.4 Å². The minimum absolute atomic E-state index is 0.438. The molecule has 6 heteroatoms. The second kappa shape index (κ2) is 9.19. The van der Waals surface area contributed by atoms with Gasteiger partial charge in [-0.25, -0.2) is 0 Å². The van der Waals surface area contributed by atoms with Crippen LogP contribution in [0.2, 0.25) is 0 Å². The summed E-state index contributed by atoms with van der Waals surface area (Å²) in [6.45, 7) is 7.12. The van der Waals surface area contributed by atoms with E-state index in [9.17, 15) is 9.59 Å². The molecular formula is C22H26N4O2. The summed E-state index contributed by atoms with van der Waals surface area (Å²) >= 11 is 0. The number of nitrogens with one attached hydrogen (secondary N) is 3. The van der Waals surface area contributed by atoms with Crippen molar-refractivity contribution in [2.24, 2.45) is 0 Å². The smallest absolute Gasteiger partial charge is 0.313 e. The van der Waals surface area contributed by atoms with Crippen LogP contribution in [-0.4, -0.2) is 47.9 Å². The monoisotopic (exact) mass is 378 g/mol. The molecule has 6 nitrogen and oxygen atoms in total. The third-order valence-electron chi connectivity index (χ3n) is 4.82. The van der Waals surface area contributed by atoms with Crippen LogP contribution in [-0.2, 0) is 9.59 Å². The number of fused-ring (bicyclic) bond motifs is 1. The molecule has 2 aromatic carbocycles. The fourth-order valence-electron chi connectivity index (χ4n) is 3.21. The van der Waals surface area contributed by atoms with Gasteiger partial charge in [0.25, 0.3) is 0 Å². The number of anilines is 1. The van der Waals surface area contributed by atoms with Crippen LogP contribution in [0, 0.1) is 0 Å². The van der Waals surface area contributed by atoms with Gasteiger partial charge >= 0.3 is 11.8 Å². The standard InChI is InChI=1S/C22H26N4O2/c1-3-26(4-2)15-14-23-21(27)22(28)25-20-17-12-8-9-13-18(17)24-19(20)16-10-6-5-7-11-16/h5-13,24H,3-4,14-15H2,1-2H3,(H,23,27)(H,25,28). The normalized spacial score (nSPS) is 11.0. The number of rotatable bonds is 7. The summed E-state index contributed by atoms with van der Waals surface area (Å²) in [5, 5.41) is 6.37. The third kappa shape index (κ3) is 4.40. The highest BCUT2D eigenvalue weighted by Crippen LogP contribution is 2.34. The van der Waals surface area contributed by atoms with E-state index in [2.05, 4.69) is 34.4 Å². The molecule has 2 amide bonds. The number of benzene rings is 2. The Bertz CT molecular complexity index is 946. The number of nitrogens with zero attached hydrogens (tertiary/aromatic N) is 1. The molecule has 3 aromatic rings. The summed E-state index contributed by atoms with van der Waals surface area (Å²) in [7, 11) is 0. The topological polar surface area (TPSA) is 77.2 Å². The molecule has 1 aromatic heterocycles. The highest BCUT2D eigenvalue weighted by Gasteiger charge is 2.19. The molecule has 0 fully saturated rings. The second-order valence-corrected chi connectivity index (χ2v) is 6.52. The zero-order chi connectivity index (χ0) is 19.9. The zero-order valence-electron chi connectivity index (χ0n) is 16.3. The molecule has 1 heterocycles. The second-order valence-electron chi connectivity index (χ2n) is 6.52. The Morgan fingerprint density at radius 1 is 0.929 bits per heavy atom. The fourth-order valence-corrected chi connectivity index (χ4v) is 3.21. The van der Waals surface area contributed by atoms with Crippen molar-refractivity contribution in [2.45, 2.75) is 13.8 Å². The molecule has 0 radical (unpaired) electrons. The first-order chi connectivity index (χ1) is 13.6. The highest BCUT2D eigenvalue weighted by atomic mass is 16.2. The first-order valence-electron chi connectivity index (χ1n) is 9.61. The molecule has 0 aliphatic rings. The summed E-state index contributed by atoms with van der Waals surface area (Å²) in [6.07, 6.45) is 0. The maximum Gasteiger partial charge on any atom is 0.313 e. The van der Waals surface area contributed by atoms with Gasteiger partial charge in [-0.3, -0.25) is 9.59 Å². The molecule has 0 saturated carbocycles. The van der Waals surface area contributed by atoms with E-state index >= 15 is 0 Å². The molecule has 0 spiro atoms. The van der Waals surface area contributed by atoms with Crippen LogP contribution in [0.25, 0.3) is 22.2 Å². The van der Waals surface area contributed by atoms with Gasteiger partial charge in [0.05, 0.1) is 11.4 Å². The Labute approximate surface area is 164 Å². The van der Waals surface area contributed by atoms with E-state index in [0.717, 1.165) is 35.2 Å². The van der Waals surface area contributed by atoms with Crippen molar-refractivity contribution < 1.29 is 9.59 Å². The molecule has 0 atom stereocenters. The third-order valence-corrected chi connectivity index (χ3v) is 4.82. The Hall–Kier alpha value is -3.12.